The van der Waals surface area contributed by atoms with Gasteiger partial charge in [-0.1, -0.05) is 25.5 Å². The Labute approximate surface area is 257 Å². The number of hydrogen-bond donors (Lipinski definition) is 4. The van der Waals surface area contributed by atoms with Gasteiger partial charge in [-0.25, -0.2) is 4.79 Å². The van der Waals surface area contributed by atoms with E-state index in [0.29, 0.717) is 43.6 Å². The van der Waals surface area contributed by atoms with Crippen LogP contribution in [0.2, 0.25) is 0 Å². The Balaban J connectivity index is 1.78. The number of phenols is 1. The van der Waals surface area contributed by atoms with Crippen LogP contribution in [0.25, 0.3) is 11.0 Å². The number of allylic oxidation sites excluding steroid dienone is 1. The highest BCUT2D eigenvalue weighted by Crippen LogP contribution is 2.35. The number of benzene rings is 2. The number of alkyl halides is 3. The predicted molar refractivity (Wildman–Crippen MR) is 161 cm³/mol. The molecule has 0 fully saturated rings. The van der Waals surface area contributed by atoms with Crippen LogP contribution < -0.4 is 10.2 Å². The van der Waals surface area contributed by atoms with Gasteiger partial charge in [0, 0.05) is 28.9 Å². The van der Waals surface area contributed by atoms with Gasteiger partial charge in [0.1, 0.15) is 17.1 Å². The summed E-state index contributed by atoms with van der Waals surface area (Å²) in [5.41, 5.74) is 0.143. The predicted octanol–water partition coefficient (Wildman–Crippen LogP) is 7.23. The number of unbranched alkanes of at least 4 members (excludes halogenated alkanes) is 2. The summed E-state index contributed by atoms with van der Waals surface area (Å²) in [5.74, 6) is -2.96. The van der Waals surface area contributed by atoms with E-state index in [0.717, 1.165) is 12.5 Å². The van der Waals surface area contributed by atoms with Crippen LogP contribution in [0.15, 0.2) is 56.6 Å². The molecule has 0 radical (unpaired) electrons. The first kappa shape index (κ1) is 34.7. The van der Waals surface area contributed by atoms with E-state index in [1.54, 1.807) is 12.1 Å². The molecule has 3 rings (SSSR count). The lowest BCUT2D eigenvalue weighted by atomic mass is 9.87. The van der Waals surface area contributed by atoms with E-state index >= 15 is 0 Å². The highest BCUT2D eigenvalue weighted by atomic mass is 32.1. The normalized spacial score (nSPS) is 13.3. The number of aliphatic hydroxyl groups is 1. The van der Waals surface area contributed by atoms with Crippen LogP contribution in [0.4, 0.5) is 13.2 Å². The van der Waals surface area contributed by atoms with Crippen LogP contribution in [0.5, 0.6) is 11.5 Å². The number of hydrogen-bond acceptors (Lipinski definition) is 8. The van der Waals surface area contributed by atoms with Crippen molar-refractivity contribution in [3.8, 4) is 11.5 Å². The summed E-state index contributed by atoms with van der Waals surface area (Å²) < 4.78 is 50.1. The third kappa shape index (κ3) is 9.12. The van der Waals surface area contributed by atoms with Gasteiger partial charge in [-0.2, -0.15) is 13.2 Å². The maximum atomic E-state index is 13.0. The second-order valence-corrected chi connectivity index (χ2v) is 11.0. The monoisotopic (exact) mass is 636 g/mol. The zero-order chi connectivity index (χ0) is 32.6. The number of carboxylic acids is 1. The van der Waals surface area contributed by atoms with Crippen molar-refractivity contribution in [2.75, 3.05) is 6.61 Å². The van der Waals surface area contributed by atoms with Crippen molar-refractivity contribution in [2.24, 2.45) is 0 Å². The molecule has 44 heavy (non-hydrogen) atoms. The molecule has 0 saturated heterocycles. The van der Waals surface area contributed by atoms with Gasteiger partial charge < -0.3 is 24.5 Å². The Kier molecular flexibility index (Phi) is 12.1. The van der Waals surface area contributed by atoms with Crippen molar-refractivity contribution < 1.29 is 47.2 Å². The number of carbonyl (C=O) groups is 2. The molecule has 3 N–H and O–H groups in total. The van der Waals surface area contributed by atoms with Gasteiger partial charge in [0.25, 0.3) is 0 Å². The number of aromatic hydroxyl groups is 1. The summed E-state index contributed by atoms with van der Waals surface area (Å²) in [6.45, 7) is 3.62. The number of ether oxygens (including phenoxy) is 1. The summed E-state index contributed by atoms with van der Waals surface area (Å²) in [6.07, 6.45) is -1.72. The standard InChI is InChI=1S/C32H35F3O8S/c1-3-8-22-26(11-10-20(18(2)36)30(22)39)42-14-7-5-4-6-9-21(24(37)12-13-32(33,34)35)23-15-19(44)16-27-29(23)25(38)17-28(43-27)31(40)41/h6,9-11,15-17,21,24,37,39,44H,3-5,7-8,12-14H2,1-2H3,(H,40,41)/t21-,24+/m0/s1. The summed E-state index contributed by atoms with van der Waals surface area (Å²) in [5, 5.41) is 30.6. The fourth-order valence-electron chi connectivity index (χ4n) is 4.92. The Hall–Kier alpha value is -3.77. The number of Topliss-reactive ketones (excluding diaryl/α,β-unsaturated/α-hetero) is 1. The van der Waals surface area contributed by atoms with Crippen molar-refractivity contribution in [1.82, 2.24) is 0 Å². The third-order valence-corrected chi connectivity index (χ3v) is 7.30. The second-order valence-electron chi connectivity index (χ2n) is 10.5. The minimum atomic E-state index is -4.50. The molecular formula is C32H35F3O8S. The summed E-state index contributed by atoms with van der Waals surface area (Å²) in [6, 6.07) is 6.74. The number of carboxylic acid groups (broad SMARTS) is 1. The van der Waals surface area contributed by atoms with Gasteiger partial charge in [-0.05, 0) is 68.9 Å². The van der Waals surface area contributed by atoms with Crippen molar-refractivity contribution >= 4 is 35.4 Å². The molecule has 0 bridgehead atoms. The molecule has 0 amide bonds. The molecule has 8 nitrogen and oxygen atoms in total. The van der Waals surface area contributed by atoms with Crippen LogP contribution in [-0.4, -0.2) is 46.0 Å². The lowest BCUT2D eigenvalue weighted by Gasteiger charge is -2.22. The third-order valence-electron chi connectivity index (χ3n) is 7.04. The second kappa shape index (κ2) is 15.3. The Morgan fingerprint density at radius 3 is 2.52 bits per heavy atom. The summed E-state index contributed by atoms with van der Waals surface area (Å²) in [4.78, 5) is 36.3. The van der Waals surface area contributed by atoms with Gasteiger partial charge >= 0.3 is 12.1 Å². The van der Waals surface area contributed by atoms with E-state index in [1.807, 2.05) is 6.92 Å². The molecule has 0 spiro atoms. The van der Waals surface area contributed by atoms with Crippen molar-refractivity contribution in [3.63, 3.8) is 0 Å². The first-order valence-electron chi connectivity index (χ1n) is 14.2. The lowest BCUT2D eigenvalue weighted by molar-refractivity contribution is -0.140. The molecule has 0 aliphatic rings. The van der Waals surface area contributed by atoms with E-state index in [1.165, 1.54) is 31.2 Å². The average Bonchev–Trinajstić information content (AvgIpc) is 2.93. The van der Waals surface area contributed by atoms with Crippen LogP contribution in [0.3, 0.4) is 0 Å². The number of carbonyl (C=O) groups excluding carboxylic acids is 1. The number of aromatic carboxylic acids is 1. The minimum absolute atomic E-state index is 0.0520. The molecule has 0 aliphatic heterocycles. The Morgan fingerprint density at radius 1 is 1.16 bits per heavy atom. The number of aliphatic hydroxyl groups excluding tert-OH is 1. The fraction of sp³-hybridized carbons (Fsp3) is 0.406. The lowest BCUT2D eigenvalue weighted by Crippen LogP contribution is -2.22. The topological polar surface area (TPSA) is 134 Å². The first-order chi connectivity index (χ1) is 20.7. The Bertz CT molecular complexity index is 1580. The minimum Gasteiger partial charge on any atom is -0.507 e. The zero-order valence-corrected chi connectivity index (χ0v) is 25.2. The molecule has 3 aromatic rings. The fourth-order valence-corrected chi connectivity index (χ4v) is 5.18. The van der Waals surface area contributed by atoms with E-state index in [9.17, 15) is 42.9 Å². The molecule has 2 atom stereocenters. The quantitative estimate of drug-likeness (QED) is 0.0594. The van der Waals surface area contributed by atoms with Crippen LogP contribution in [0.1, 0.15) is 90.3 Å². The van der Waals surface area contributed by atoms with Crippen LogP contribution >= 0.6 is 12.6 Å². The number of phenolic OH excluding ortho intramolecular Hbond substituents is 1. The molecule has 2 aromatic carbocycles. The summed E-state index contributed by atoms with van der Waals surface area (Å²) >= 11 is 4.29. The van der Waals surface area contributed by atoms with Gasteiger partial charge in [-0.15, -0.1) is 12.6 Å². The summed E-state index contributed by atoms with van der Waals surface area (Å²) in [7, 11) is 0. The molecule has 0 saturated carbocycles. The molecule has 238 valence electrons. The van der Waals surface area contributed by atoms with Crippen LogP contribution in [-0.2, 0) is 6.42 Å². The van der Waals surface area contributed by atoms with Crippen molar-refractivity contribution in [1.29, 1.82) is 0 Å². The average molecular weight is 637 g/mol. The first-order valence-corrected chi connectivity index (χ1v) is 14.6. The smallest absolute Gasteiger partial charge is 0.389 e. The number of fused-ring (bicyclic) bond motifs is 1. The van der Waals surface area contributed by atoms with Gasteiger partial charge in [0.05, 0.1) is 23.7 Å². The molecular weight excluding hydrogens is 601 g/mol. The SMILES string of the molecule is CCCc1c(OCCCCC=C[C@@H](c2cc(S)cc3oc(C(=O)O)cc(=O)c23)[C@H](O)CCC(F)(F)F)ccc(C(C)=O)c1O. The number of thiol groups is 1. The highest BCUT2D eigenvalue weighted by Gasteiger charge is 2.31. The molecule has 1 heterocycles. The Morgan fingerprint density at radius 2 is 1.89 bits per heavy atom. The van der Waals surface area contributed by atoms with Crippen molar-refractivity contribution in [3.05, 3.63) is 75.2 Å². The molecule has 0 unspecified atom stereocenters. The van der Waals surface area contributed by atoms with Gasteiger partial charge in [-0.3, -0.25) is 9.59 Å². The number of halogens is 3. The maximum absolute atomic E-state index is 13.0. The maximum Gasteiger partial charge on any atom is 0.389 e. The van der Waals surface area contributed by atoms with Gasteiger partial charge in [0.2, 0.25) is 5.76 Å². The van der Waals surface area contributed by atoms with Gasteiger partial charge in [0.15, 0.2) is 11.2 Å². The van der Waals surface area contributed by atoms with E-state index in [2.05, 4.69) is 12.6 Å². The zero-order valence-electron chi connectivity index (χ0n) is 24.3. The number of ketones is 1. The van der Waals surface area contributed by atoms with Crippen LogP contribution in [0, 0.1) is 0 Å². The molecule has 0 aliphatic carbocycles. The molecule has 12 heteroatoms. The van der Waals surface area contributed by atoms with Crippen molar-refractivity contribution in [2.45, 2.75) is 81.9 Å². The number of rotatable bonds is 15. The highest BCUT2D eigenvalue weighted by molar-refractivity contribution is 7.80. The largest absolute Gasteiger partial charge is 0.507 e. The van der Waals surface area contributed by atoms with E-state index in [-0.39, 0.29) is 38.5 Å². The van der Waals surface area contributed by atoms with E-state index < -0.39 is 48.2 Å². The molecule has 1 aromatic heterocycles. The van der Waals surface area contributed by atoms with E-state index in [4.69, 9.17) is 9.15 Å².